The Morgan fingerprint density at radius 2 is 2.07 bits per heavy atom. The topological polar surface area (TPSA) is 105 Å². The molecule has 2 N–H and O–H groups in total. The second-order valence-electron chi connectivity index (χ2n) is 7.75. The minimum Gasteiger partial charge on any atom is -0.390 e. The molecule has 1 aliphatic heterocycles. The first-order valence-corrected chi connectivity index (χ1v) is 10.8. The molecule has 1 aromatic carbocycles. The number of non-ortho nitro benzene ring substituents is 1. The Morgan fingerprint density at radius 1 is 1.38 bits per heavy atom. The number of aliphatic hydroxyl groups is 1. The van der Waals surface area contributed by atoms with E-state index < -0.39 is 16.6 Å². The van der Waals surface area contributed by atoms with Crippen molar-refractivity contribution in [1.82, 2.24) is 9.62 Å². The van der Waals surface area contributed by atoms with Crippen LogP contribution in [0.15, 0.2) is 29.2 Å². The van der Waals surface area contributed by atoms with E-state index in [9.17, 15) is 20.0 Å². The van der Waals surface area contributed by atoms with Gasteiger partial charge in [0, 0.05) is 43.3 Å². The van der Waals surface area contributed by atoms with Crippen LogP contribution >= 0.6 is 11.9 Å². The molecule has 0 saturated carbocycles. The average Bonchev–Trinajstić information content (AvgIpc) is 3.16. The van der Waals surface area contributed by atoms with Gasteiger partial charge >= 0.3 is 0 Å². The van der Waals surface area contributed by atoms with Crippen LogP contribution in [0.5, 0.6) is 0 Å². The van der Waals surface area contributed by atoms with Crippen LogP contribution in [0.1, 0.15) is 40.0 Å². The maximum atomic E-state index is 12.5. The fourth-order valence-electron chi connectivity index (χ4n) is 3.32. The highest BCUT2D eigenvalue weighted by Crippen LogP contribution is 2.29. The number of carbonyl (C=O) groups is 1. The van der Waals surface area contributed by atoms with Crippen molar-refractivity contribution in [3.63, 3.8) is 0 Å². The van der Waals surface area contributed by atoms with E-state index in [4.69, 9.17) is 4.74 Å². The van der Waals surface area contributed by atoms with Gasteiger partial charge in [0.05, 0.1) is 11.0 Å². The lowest BCUT2D eigenvalue weighted by molar-refractivity contribution is -0.384. The van der Waals surface area contributed by atoms with Crippen LogP contribution in [-0.2, 0) is 9.53 Å². The number of aliphatic hydroxyl groups excluding tert-OH is 1. The number of nitro benzene ring substituents is 1. The van der Waals surface area contributed by atoms with Crippen LogP contribution in [0, 0.1) is 16.0 Å². The Labute approximate surface area is 176 Å². The predicted octanol–water partition coefficient (Wildman–Crippen LogP) is 3.00. The van der Waals surface area contributed by atoms with Gasteiger partial charge in [-0.3, -0.25) is 14.9 Å². The van der Waals surface area contributed by atoms with E-state index in [-0.39, 0.29) is 18.1 Å². The van der Waals surface area contributed by atoms with Crippen molar-refractivity contribution in [2.24, 2.45) is 5.92 Å². The molecule has 162 valence electrons. The molecule has 1 aliphatic rings. The van der Waals surface area contributed by atoms with E-state index in [1.165, 1.54) is 24.1 Å². The quantitative estimate of drug-likeness (QED) is 0.319. The number of benzene rings is 1. The van der Waals surface area contributed by atoms with Crippen LogP contribution in [0.2, 0.25) is 0 Å². The zero-order valence-corrected chi connectivity index (χ0v) is 18.1. The second kappa shape index (κ2) is 10.9. The molecule has 8 nitrogen and oxygen atoms in total. The summed E-state index contributed by atoms with van der Waals surface area (Å²) in [7, 11) is 0. The Kier molecular flexibility index (Phi) is 8.88. The third-order valence-electron chi connectivity index (χ3n) is 4.85. The van der Waals surface area contributed by atoms with Crippen LogP contribution in [-0.4, -0.2) is 58.2 Å². The van der Waals surface area contributed by atoms with Gasteiger partial charge in [-0.2, -0.15) is 0 Å². The maximum absolute atomic E-state index is 12.5. The summed E-state index contributed by atoms with van der Waals surface area (Å²) in [5.41, 5.74) is -0.711. The summed E-state index contributed by atoms with van der Waals surface area (Å²) < 4.78 is 7.69. The van der Waals surface area contributed by atoms with Crippen molar-refractivity contribution >= 4 is 23.5 Å². The molecule has 0 radical (unpaired) electrons. The Bertz CT molecular complexity index is 677. The molecule has 1 fully saturated rings. The highest BCUT2D eigenvalue weighted by atomic mass is 32.2. The molecule has 1 heterocycles. The minimum atomic E-state index is -0.759. The predicted molar refractivity (Wildman–Crippen MR) is 113 cm³/mol. The summed E-state index contributed by atoms with van der Waals surface area (Å²) >= 11 is 1.44. The molecule has 1 saturated heterocycles. The normalized spacial score (nSPS) is 20.2. The Hall–Kier alpha value is -1.68. The average molecular weight is 426 g/mol. The summed E-state index contributed by atoms with van der Waals surface area (Å²) in [6.45, 7) is 7.94. The number of hydrogen-bond acceptors (Lipinski definition) is 7. The van der Waals surface area contributed by atoms with Crippen molar-refractivity contribution in [3.05, 3.63) is 34.4 Å². The van der Waals surface area contributed by atoms with Gasteiger partial charge in [-0.15, -0.1) is 0 Å². The molecule has 9 heteroatoms. The van der Waals surface area contributed by atoms with E-state index in [0.717, 1.165) is 17.9 Å². The Morgan fingerprint density at radius 3 is 2.59 bits per heavy atom. The van der Waals surface area contributed by atoms with Crippen molar-refractivity contribution in [1.29, 1.82) is 0 Å². The standard InChI is InChI=1S/C20H31N3O5S/c1-4-20(10-5-11-28-20)19(25)21-12-17(24)14-22(13-15(2)3)29-18-8-6-16(7-9-18)23(26)27/h6-9,15,17,24H,4-5,10-14H2,1-3H3,(H,21,25). The minimum absolute atomic E-state index is 0.0477. The van der Waals surface area contributed by atoms with Gasteiger partial charge in [0.2, 0.25) is 0 Å². The summed E-state index contributed by atoms with van der Waals surface area (Å²) in [4.78, 5) is 23.8. The smallest absolute Gasteiger partial charge is 0.269 e. The molecule has 0 spiro atoms. The van der Waals surface area contributed by atoms with Crippen LogP contribution in [0.4, 0.5) is 5.69 Å². The molecular formula is C20H31N3O5S. The monoisotopic (exact) mass is 425 g/mol. The van der Waals surface area contributed by atoms with Gasteiger partial charge in [-0.05, 0) is 49.3 Å². The number of nitrogens with one attached hydrogen (secondary N) is 1. The molecule has 2 atom stereocenters. The van der Waals surface area contributed by atoms with E-state index in [0.29, 0.717) is 31.9 Å². The van der Waals surface area contributed by atoms with Crippen LogP contribution in [0.3, 0.4) is 0 Å². The lowest BCUT2D eigenvalue weighted by Gasteiger charge is -2.28. The number of rotatable bonds is 11. The van der Waals surface area contributed by atoms with Gasteiger partial charge in [-0.25, -0.2) is 4.31 Å². The molecule has 1 aromatic rings. The van der Waals surface area contributed by atoms with Gasteiger partial charge < -0.3 is 15.2 Å². The van der Waals surface area contributed by atoms with E-state index >= 15 is 0 Å². The first-order valence-electron chi connectivity index (χ1n) is 10.0. The van der Waals surface area contributed by atoms with Gasteiger partial charge in [-0.1, -0.05) is 20.8 Å². The first-order chi connectivity index (χ1) is 13.8. The molecular weight excluding hydrogens is 394 g/mol. The largest absolute Gasteiger partial charge is 0.390 e. The number of hydrogen-bond donors (Lipinski definition) is 2. The fraction of sp³-hybridized carbons (Fsp3) is 0.650. The fourth-order valence-corrected chi connectivity index (χ4v) is 4.50. The van der Waals surface area contributed by atoms with Gasteiger partial charge in [0.15, 0.2) is 0 Å². The summed E-state index contributed by atoms with van der Waals surface area (Å²) in [6.07, 6.45) is 1.46. The number of nitrogens with zero attached hydrogens (tertiary/aromatic N) is 2. The molecule has 0 aliphatic carbocycles. The second-order valence-corrected chi connectivity index (χ2v) is 8.92. The van der Waals surface area contributed by atoms with Crippen molar-refractivity contribution in [2.75, 3.05) is 26.2 Å². The van der Waals surface area contributed by atoms with Gasteiger partial charge in [0.25, 0.3) is 11.6 Å². The highest BCUT2D eigenvalue weighted by molar-refractivity contribution is 7.97. The molecule has 2 rings (SSSR count). The van der Waals surface area contributed by atoms with Crippen LogP contribution in [0.25, 0.3) is 0 Å². The third-order valence-corrected chi connectivity index (χ3v) is 5.89. The number of ether oxygens (including phenoxy) is 1. The summed E-state index contributed by atoms with van der Waals surface area (Å²) in [6, 6.07) is 6.34. The zero-order chi connectivity index (χ0) is 21.4. The summed E-state index contributed by atoms with van der Waals surface area (Å²) in [5.74, 6) is 0.215. The zero-order valence-electron chi connectivity index (χ0n) is 17.3. The first kappa shape index (κ1) is 23.6. The van der Waals surface area contributed by atoms with Gasteiger partial charge in [0.1, 0.15) is 5.60 Å². The van der Waals surface area contributed by atoms with E-state index in [2.05, 4.69) is 19.2 Å². The van der Waals surface area contributed by atoms with Crippen molar-refractivity contribution in [2.45, 2.75) is 56.6 Å². The molecule has 0 bridgehead atoms. The SMILES string of the molecule is CCC1(C(=O)NCC(O)CN(CC(C)C)Sc2ccc([N+](=O)[O-])cc2)CCCO1. The number of carbonyl (C=O) groups excluding carboxylic acids is 1. The summed E-state index contributed by atoms with van der Waals surface area (Å²) in [5, 5.41) is 24.1. The number of nitro groups is 1. The van der Waals surface area contributed by atoms with E-state index in [1.807, 2.05) is 11.2 Å². The molecule has 2 unspecified atom stereocenters. The molecule has 29 heavy (non-hydrogen) atoms. The Balaban J connectivity index is 1.91. The van der Waals surface area contributed by atoms with Crippen molar-refractivity contribution < 1.29 is 19.6 Å². The third kappa shape index (κ3) is 6.95. The lowest BCUT2D eigenvalue weighted by Crippen LogP contribution is -2.49. The molecule has 1 amide bonds. The van der Waals surface area contributed by atoms with Crippen LogP contribution < -0.4 is 5.32 Å². The maximum Gasteiger partial charge on any atom is 0.269 e. The van der Waals surface area contributed by atoms with Crippen molar-refractivity contribution in [3.8, 4) is 0 Å². The molecule has 0 aromatic heterocycles. The lowest BCUT2D eigenvalue weighted by atomic mass is 9.96. The number of amides is 1. The van der Waals surface area contributed by atoms with E-state index in [1.54, 1.807) is 12.1 Å². The highest BCUT2D eigenvalue weighted by Gasteiger charge is 2.40.